The molecule has 0 aliphatic carbocycles. The third-order valence-corrected chi connectivity index (χ3v) is 2.74. The quantitative estimate of drug-likeness (QED) is 0.753. The number of ether oxygens (including phenoxy) is 1. The predicted molar refractivity (Wildman–Crippen MR) is 69.9 cm³/mol. The summed E-state index contributed by atoms with van der Waals surface area (Å²) in [6.07, 6.45) is 3.24. The van der Waals surface area contributed by atoms with Crippen molar-refractivity contribution < 1.29 is 4.74 Å². The van der Waals surface area contributed by atoms with Gasteiger partial charge in [0.05, 0.1) is 17.6 Å². The van der Waals surface area contributed by atoms with Crippen LogP contribution in [0.15, 0.2) is 18.2 Å². The first-order chi connectivity index (χ1) is 8.29. The van der Waals surface area contributed by atoms with E-state index in [9.17, 15) is 0 Å². The zero-order valence-electron chi connectivity index (χ0n) is 10.2. The molecular formula is C13H19N3O. The average Bonchev–Trinajstić information content (AvgIpc) is 2.68. The van der Waals surface area contributed by atoms with Crippen molar-refractivity contribution >= 4 is 17.0 Å². The number of aromatic nitrogens is 2. The second-order valence-corrected chi connectivity index (χ2v) is 4.19. The summed E-state index contributed by atoms with van der Waals surface area (Å²) < 4.78 is 5.54. The normalized spacial score (nSPS) is 11.1. The van der Waals surface area contributed by atoms with Crippen LogP contribution in [-0.4, -0.2) is 23.2 Å². The molecule has 1 aromatic carbocycles. The van der Waals surface area contributed by atoms with Gasteiger partial charge in [0.1, 0.15) is 0 Å². The smallest absolute Gasteiger partial charge is 0.198 e. The van der Waals surface area contributed by atoms with E-state index in [0.717, 1.165) is 37.1 Å². The minimum absolute atomic E-state index is 0.469. The standard InChI is InChI=1S/C13H19N3O/c1-2-3-7-17-8-6-10-4-5-11-12(9-10)16-13(14)15-11/h4-5,9H,2-3,6-8H2,1H3,(H3,14,15,16). The molecule has 0 fully saturated rings. The van der Waals surface area contributed by atoms with Gasteiger partial charge in [-0.3, -0.25) is 0 Å². The van der Waals surface area contributed by atoms with Gasteiger partial charge in [-0.2, -0.15) is 0 Å². The molecule has 0 amide bonds. The van der Waals surface area contributed by atoms with Crippen LogP contribution in [0, 0.1) is 0 Å². The molecule has 0 aliphatic rings. The van der Waals surface area contributed by atoms with E-state index < -0.39 is 0 Å². The molecule has 0 saturated carbocycles. The van der Waals surface area contributed by atoms with E-state index in [-0.39, 0.29) is 0 Å². The van der Waals surface area contributed by atoms with Gasteiger partial charge in [0.15, 0.2) is 5.95 Å². The second-order valence-electron chi connectivity index (χ2n) is 4.19. The Morgan fingerprint density at radius 2 is 2.24 bits per heavy atom. The maximum absolute atomic E-state index is 5.60. The van der Waals surface area contributed by atoms with Gasteiger partial charge in [0.25, 0.3) is 0 Å². The minimum Gasteiger partial charge on any atom is -0.381 e. The number of H-pyrrole nitrogens is 1. The molecule has 1 aromatic heterocycles. The summed E-state index contributed by atoms with van der Waals surface area (Å²) in [7, 11) is 0. The van der Waals surface area contributed by atoms with E-state index in [1.807, 2.05) is 6.07 Å². The Kier molecular flexibility index (Phi) is 3.98. The number of anilines is 1. The molecule has 2 rings (SSSR count). The highest BCUT2D eigenvalue weighted by atomic mass is 16.5. The first-order valence-electron chi connectivity index (χ1n) is 6.11. The van der Waals surface area contributed by atoms with Crippen molar-refractivity contribution in [1.29, 1.82) is 0 Å². The Hall–Kier alpha value is -1.55. The van der Waals surface area contributed by atoms with Crippen LogP contribution in [-0.2, 0) is 11.2 Å². The Bertz CT molecular complexity index is 478. The third-order valence-electron chi connectivity index (χ3n) is 2.74. The molecule has 0 bridgehead atoms. The number of nitrogen functional groups attached to an aromatic ring is 1. The summed E-state index contributed by atoms with van der Waals surface area (Å²) >= 11 is 0. The first kappa shape index (κ1) is 11.9. The molecule has 0 saturated heterocycles. The number of nitrogens with two attached hydrogens (primary N) is 1. The van der Waals surface area contributed by atoms with Gasteiger partial charge in [-0.05, 0) is 30.5 Å². The number of hydrogen-bond donors (Lipinski definition) is 2. The molecular weight excluding hydrogens is 214 g/mol. The van der Waals surface area contributed by atoms with Crippen LogP contribution >= 0.6 is 0 Å². The summed E-state index contributed by atoms with van der Waals surface area (Å²) in [5.41, 5.74) is 8.76. The first-order valence-corrected chi connectivity index (χ1v) is 6.11. The fourth-order valence-electron chi connectivity index (χ4n) is 1.77. The van der Waals surface area contributed by atoms with Gasteiger partial charge >= 0.3 is 0 Å². The lowest BCUT2D eigenvalue weighted by atomic mass is 10.1. The number of unbranched alkanes of at least 4 members (excludes halogenated alkanes) is 1. The van der Waals surface area contributed by atoms with E-state index >= 15 is 0 Å². The van der Waals surface area contributed by atoms with Crippen LogP contribution < -0.4 is 5.73 Å². The Balaban J connectivity index is 1.90. The van der Waals surface area contributed by atoms with Gasteiger partial charge < -0.3 is 15.5 Å². The number of fused-ring (bicyclic) bond motifs is 1. The number of hydrogen-bond acceptors (Lipinski definition) is 3. The molecule has 1 heterocycles. The SMILES string of the molecule is CCCCOCCc1ccc2nc(N)[nH]c2c1. The molecule has 4 nitrogen and oxygen atoms in total. The highest BCUT2D eigenvalue weighted by Crippen LogP contribution is 2.14. The summed E-state index contributed by atoms with van der Waals surface area (Å²) in [4.78, 5) is 7.20. The molecule has 0 aliphatic heterocycles. The fraction of sp³-hybridized carbons (Fsp3) is 0.462. The number of imidazole rings is 1. The van der Waals surface area contributed by atoms with Crippen LogP contribution in [0.4, 0.5) is 5.95 Å². The van der Waals surface area contributed by atoms with Gasteiger partial charge in [0, 0.05) is 6.61 Å². The summed E-state index contributed by atoms with van der Waals surface area (Å²) in [5.74, 6) is 0.469. The van der Waals surface area contributed by atoms with Crippen molar-refractivity contribution in [2.45, 2.75) is 26.2 Å². The lowest BCUT2D eigenvalue weighted by Gasteiger charge is -2.03. The van der Waals surface area contributed by atoms with Crippen molar-refractivity contribution in [3.63, 3.8) is 0 Å². The lowest BCUT2D eigenvalue weighted by Crippen LogP contribution is -1.99. The molecule has 0 spiro atoms. The number of rotatable bonds is 6. The van der Waals surface area contributed by atoms with Crippen LogP contribution in [0.5, 0.6) is 0 Å². The van der Waals surface area contributed by atoms with Crippen molar-refractivity contribution in [1.82, 2.24) is 9.97 Å². The Morgan fingerprint density at radius 1 is 1.35 bits per heavy atom. The largest absolute Gasteiger partial charge is 0.381 e. The summed E-state index contributed by atoms with van der Waals surface area (Å²) in [6.45, 7) is 3.80. The van der Waals surface area contributed by atoms with E-state index in [0.29, 0.717) is 5.95 Å². The molecule has 0 atom stereocenters. The average molecular weight is 233 g/mol. The number of nitrogens with one attached hydrogen (secondary N) is 1. The van der Waals surface area contributed by atoms with E-state index in [1.165, 1.54) is 12.0 Å². The van der Waals surface area contributed by atoms with E-state index in [1.54, 1.807) is 0 Å². The monoisotopic (exact) mass is 233 g/mol. The maximum Gasteiger partial charge on any atom is 0.198 e. The van der Waals surface area contributed by atoms with E-state index in [4.69, 9.17) is 10.5 Å². The predicted octanol–water partition coefficient (Wildman–Crippen LogP) is 2.50. The number of benzene rings is 1. The van der Waals surface area contributed by atoms with Crippen LogP contribution in [0.25, 0.3) is 11.0 Å². The summed E-state index contributed by atoms with van der Waals surface area (Å²) in [5, 5.41) is 0. The van der Waals surface area contributed by atoms with Crippen molar-refractivity contribution in [3.8, 4) is 0 Å². The zero-order valence-corrected chi connectivity index (χ0v) is 10.2. The molecule has 0 radical (unpaired) electrons. The van der Waals surface area contributed by atoms with Crippen molar-refractivity contribution in [2.24, 2.45) is 0 Å². The number of aromatic amines is 1. The van der Waals surface area contributed by atoms with Gasteiger partial charge in [-0.15, -0.1) is 0 Å². The molecule has 17 heavy (non-hydrogen) atoms. The van der Waals surface area contributed by atoms with Gasteiger partial charge in [0.2, 0.25) is 0 Å². The van der Waals surface area contributed by atoms with E-state index in [2.05, 4.69) is 29.0 Å². The van der Waals surface area contributed by atoms with Gasteiger partial charge in [-0.1, -0.05) is 19.4 Å². The Labute approximate surface area is 101 Å². The molecule has 0 unspecified atom stereocenters. The van der Waals surface area contributed by atoms with Crippen LogP contribution in [0.2, 0.25) is 0 Å². The molecule has 2 aromatic rings. The van der Waals surface area contributed by atoms with Crippen LogP contribution in [0.3, 0.4) is 0 Å². The fourth-order valence-corrected chi connectivity index (χ4v) is 1.77. The maximum atomic E-state index is 5.60. The topological polar surface area (TPSA) is 63.9 Å². The molecule has 92 valence electrons. The number of nitrogens with zero attached hydrogens (tertiary/aromatic N) is 1. The van der Waals surface area contributed by atoms with Gasteiger partial charge in [-0.25, -0.2) is 4.98 Å². The van der Waals surface area contributed by atoms with Crippen molar-refractivity contribution in [3.05, 3.63) is 23.8 Å². The van der Waals surface area contributed by atoms with Crippen LogP contribution in [0.1, 0.15) is 25.3 Å². The second kappa shape index (κ2) is 5.68. The highest BCUT2D eigenvalue weighted by Gasteiger charge is 2.01. The molecule has 3 N–H and O–H groups in total. The zero-order chi connectivity index (χ0) is 12.1. The highest BCUT2D eigenvalue weighted by molar-refractivity contribution is 5.77. The lowest BCUT2D eigenvalue weighted by molar-refractivity contribution is 0.134. The van der Waals surface area contributed by atoms with Crippen molar-refractivity contribution in [2.75, 3.05) is 18.9 Å². The minimum atomic E-state index is 0.469. The molecule has 4 heteroatoms. The summed E-state index contributed by atoms with van der Waals surface area (Å²) in [6, 6.07) is 6.15. The Morgan fingerprint density at radius 3 is 3.06 bits per heavy atom. The third kappa shape index (κ3) is 3.20.